The summed E-state index contributed by atoms with van der Waals surface area (Å²) in [5, 5.41) is 0. The summed E-state index contributed by atoms with van der Waals surface area (Å²) in [7, 11) is 0. The fourth-order valence-corrected chi connectivity index (χ4v) is 2.65. The number of benzene rings is 2. The van der Waals surface area contributed by atoms with Crippen molar-refractivity contribution in [2.75, 3.05) is 5.73 Å². The predicted molar refractivity (Wildman–Crippen MR) is 127 cm³/mol. The lowest BCUT2D eigenvalue weighted by Crippen LogP contribution is -1.92. The Bertz CT molecular complexity index is 1280. The molecular weight excluding hydrogens is 454 g/mol. The van der Waals surface area contributed by atoms with Gasteiger partial charge in [0.1, 0.15) is 24.3 Å². The lowest BCUT2D eigenvalue weighted by Gasteiger charge is -1.98. The summed E-state index contributed by atoms with van der Waals surface area (Å²) in [6, 6.07) is 15.2. The van der Waals surface area contributed by atoms with Gasteiger partial charge in [-0.2, -0.15) is 9.59 Å². The van der Waals surface area contributed by atoms with Crippen molar-refractivity contribution in [1.82, 2.24) is 24.9 Å². The Kier molecular flexibility index (Phi) is 10.3. The average Bonchev–Trinajstić information content (AvgIpc) is 3.29. The largest absolute Gasteiger partial charge is 0.396 e. The van der Waals surface area contributed by atoms with Crippen molar-refractivity contribution in [2.45, 2.75) is 13.8 Å². The van der Waals surface area contributed by atoms with Crippen LogP contribution in [0.5, 0.6) is 0 Å². The molecule has 3 heterocycles. The molecule has 0 aliphatic rings. The number of H-pyrrole nitrogens is 1. The Hall–Kier alpha value is -4.82. The third-order valence-corrected chi connectivity index (χ3v) is 4.48. The topological polar surface area (TPSA) is 128 Å². The van der Waals surface area contributed by atoms with E-state index < -0.39 is 0 Å². The number of fused-ring (bicyclic) bond motifs is 1. The first kappa shape index (κ1) is 26.4. The molecular formula is C25H22F2N6O2. The van der Waals surface area contributed by atoms with Gasteiger partial charge in [-0.3, -0.25) is 0 Å². The van der Waals surface area contributed by atoms with Gasteiger partial charge in [0.2, 0.25) is 0 Å². The highest BCUT2D eigenvalue weighted by Gasteiger charge is 2.07. The van der Waals surface area contributed by atoms with Crippen LogP contribution in [-0.4, -0.2) is 31.1 Å². The molecule has 0 aliphatic heterocycles. The number of nitrogens with two attached hydrogens (primary N) is 1. The maximum atomic E-state index is 13.5. The summed E-state index contributed by atoms with van der Waals surface area (Å²) in [6.45, 7) is 3.59. The van der Waals surface area contributed by atoms with Crippen LogP contribution in [0.2, 0.25) is 0 Å². The van der Waals surface area contributed by atoms with Gasteiger partial charge >= 0.3 is 6.15 Å². The number of nitrogens with one attached hydrogen (secondary N) is 1. The fraction of sp³-hybridized carbons (Fsp3) is 0.0800. The lowest BCUT2D eigenvalue weighted by molar-refractivity contribution is -0.191. The first-order chi connectivity index (χ1) is 16.9. The van der Waals surface area contributed by atoms with Gasteiger partial charge in [0.05, 0.1) is 40.5 Å². The molecule has 3 aromatic heterocycles. The van der Waals surface area contributed by atoms with Crippen LogP contribution < -0.4 is 5.73 Å². The third kappa shape index (κ3) is 8.23. The lowest BCUT2D eigenvalue weighted by atomic mass is 10.1. The summed E-state index contributed by atoms with van der Waals surface area (Å²) < 4.78 is 25.9. The number of hydrogen-bond acceptors (Lipinski definition) is 7. The molecule has 0 radical (unpaired) electrons. The predicted octanol–water partition coefficient (Wildman–Crippen LogP) is 4.68. The third-order valence-electron chi connectivity index (χ3n) is 4.48. The van der Waals surface area contributed by atoms with Gasteiger partial charge in [-0.15, -0.1) is 0 Å². The zero-order chi connectivity index (χ0) is 25.6. The number of nitrogens with zero attached hydrogens (tertiary/aromatic N) is 4. The molecule has 0 atom stereocenters. The van der Waals surface area contributed by atoms with Gasteiger partial charge in [-0.1, -0.05) is 30.3 Å². The molecule has 35 heavy (non-hydrogen) atoms. The number of hydrogen-bond donors (Lipinski definition) is 2. The van der Waals surface area contributed by atoms with Crippen LogP contribution in [0.25, 0.3) is 22.3 Å². The highest BCUT2D eigenvalue weighted by atomic mass is 19.1. The van der Waals surface area contributed by atoms with Crippen LogP contribution in [0.4, 0.5) is 14.5 Å². The molecule has 0 unspecified atom stereocenters. The Morgan fingerprint density at radius 2 is 1.46 bits per heavy atom. The minimum Gasteiger partial charge on any atom is -0.396 e. The minimum atomic E-state index is -0.248. The van der Waals surface area contributed by atoms with E-state index in [1.807, 2.05) is 19.1 Å². The second-order valence-corrected chi connectivity index (χ2v) is 6.88. The van der Waals surface area contributed by atoms with E-state index in [1.165, 1.54) is 24.8 Å². The van der Waals surface area contributed by atoms with E-state index in [1.54, 1.807) is 49.6 Å². The van der Waals surface area contributed by atoms with Crippen molar-refractivity contribution >= 4 is 22.9 Å². The first-order valence-corrected chi connectivity index (χ1v) is 10.1. The molecule has 5 aromatic rings. The van der Waals surface area contributed by atoms with Gasteiger partial charge in [-0.25, -0.2) is 28.7 Å². The molecule has 0 bridgehead atoms. The smallest absolute Gasteiger partial charge is 0.373 e. The molecule has 2 aromatic carbocycles. The number of carbonyl (C=O) groups excluding carboxylic acids is 2. The Labute approximate surface area is 199 Å². The highest BCUT2D eigenvalue weighted by Crippen LogP contribution is 2.24. The highest BCUT2D eigenvalue weighted by molar-refractivity contribution is 5.81. The van der Waals surface area contributed by atoms with Gasteiger partial charge in [0.25, 0.3) is 0 Å². The molecule has 8 nitrogen and oxygen atoms in total. The van der Waals surface area contributed by atoms with Crippen LogP contribution in [0.3, 0.4) is 0 Å². The summed E-state index contributed by atoms with van der Waals surface area (Å²) in [5.41, 5.74) is 10.4. The minimum absolute atomic E-state index is 0.132. The number of rotatable bonds is 1. The summed E-state index contributed by atoms with van der Waals surface area (Å²) in [6.07, 6.45) is 6.46. The number of aromatic nitrogens is 5. The van der Waals surface area contributed by atoms with E-state index in [0.717, 1.165) is 16.7 Å². The zero-order valence-corrected chi connectivity index (χ0v) is 18.9. The van der Waals surface area contributed by atoms with Crippen LogP contribution in [-0.2, 0) is 9.59 Å². The maximum Gasteiger partial charge on any atom is 0.373 e. The molecule has 0 fully saturated rings. The second kappa shape index (κ2) is 13.7. The van der Waals surface area contributed by atoms with E-state index >= 15 is 0 Å². The molecule has 0 saturated heterocycles. The van der Waals surface area contributed by atoms with Gasteiger partial charge < -0.3 is 10.7 Å². The summed E-state index contributed by atoms with van der Waals surface area (Å²) >= 11 is 0. The van der Waals surface area contributed by atoms with Crippen molar-refractivity contribution in [3.05, 3.63) is 103 Å². The Morgan fingerprint density at radius 3 is 1.97 bits per heavy atom. The van der Waals surface area contributed by atoms with Gasteiger partial charge in [-0.05, 0) is 43.7 Å². The Morgan fingerprint density at radius 1 is 0.857 bits per heavy atom. The molecule has 0 spiro atoms. The Balaban J connectivity index is 0.000000192. The van der Waals surface area contributed by atoms with Crippen molar-refractivity contribution in [1.29, 1.82) is 0 Å². The van der Waals surface area contributed by atoms with E-state index in [4.69, 9.17) is 15.3 Å². The standard InChI is InChI=1S/C12H8FN3.C7H7F.C5H7N3.CO2/c13-9-4-2-1-3-8(9)10-5-11-12(16-10)6-14-7-15-11;1-6-4-2-3-5-7(6)8;1-4-5(6)2-7-3-8-4;2-1-3/h1-7,16H;2-5H,1H3;2-3H,6H2,1H3;. The van der Waals surface area contributed by atoms with Crippen LogP contribution >= 0.6 is 0 Å². The number of anilines is 1. The molecule has 0 aliphatic carbocycles. The second-order valence-electron chi connectivity index (χ2n) is 6.88. The van der Waals surface area contributed by atoms with Gasteiger partial charge in [0.15, 0.2) is 0 Å². The quantitative estimate of drug-likeness (QED) is 0.359. The number of aryl methyl sites for hydroxylation is 2. The first-order valence-electron chi connectivity index (χ1n) is 10.1. The van der Waals surface area contributed by atoms with Crippen molar-refractivity contribution in [2.24, 2.45) is 0 Å². The molecule has 0 saturated carbocycles. The average molecular weight is 476 g/mol. The SMILES string of the molecule is Cc1ccccc1F.Cc1ncncc1N.Fc1ccccc1-c1cc2ncncc2[nH]1.O=C=O. The number of nitrogen functional groups attached to an aromatic ring is 1. The van der Waals surface area contributed by atoms with Gasteiger partial charge in [0, 0.05) is 5.56 Å². The monoisotopic (exact) mass is 476 g/mol. The molecule has 0 amide bonds. The molecule has 3 N–H and O–H groups in total. The molecule has 178 valence electrons. The molecule has 10 heteroatoms. The van der Waals surface area contributed by atoms with Crippen LogP contribution in [0, 0.1) is 25.5 Å². The summed E-state index contributed by atoms with van der Waals surface area (Å²) in [5.74, 6) is -0.380. The summed E-state index contributed by atoms with van der Waals surface area (Å²) in [4.78, 5) is 34.9. The van der Waals surface area contributed by atoms with Crippen LogP contribution in [0.1, 0.15) is 11.3 Å². The van der Waals surface area contributed by atoms with Crippen LogP contribution in [0.15, 0.2) is 79.6 Å². The van der Waals surface area contributed by atoms with Crippen molar-refractivity contribution in [3.8, 4) is 11.3 Å². The van der Waals surface area contributed by atoms with Crippen molar-refractivity contribution in [3.63, 3.8) is 0 Å². The van der Waals surface area contributed by atoms with E-state index in [0.29, 0.717) is 22.5 Å². The fourth-order valence-electron chi connectivity index (χ4n) is 2.65. The normalized spacial score (nSPS) is 9.37. The van der Waals surface area contributed by atoms with Crippen molar-refractivity contribution < 1.29 is 18.4 Å². The molecule has 5 rings (SSSR count). The van der Waals surface area contributed by atoms with E-state index in [9.17, 15) is 8.78 Å². The number of aromatic amines is 1. The van der Waals surface area contributed by atoms with E-state index in [2.05, 4.69) is 24.9 Å². The maximum absolute atomic E-state index is 13.5. The zero-order valence-electron chi connectivity index (χ0n) is 18.9. The number of halogens is 2. The van der Waals surface area contributed by atoms with E-state index in [-0.39, 0.29) is 17.8 Å².